The highest BCUT2D eigenvalue weighted by Crippen LogP contribution is 2.37. The molecule has 0 saturated carbocycles. The number of para-hydroxylation sites is 1. The summed E-state index contributed by atoms with van der Waals surface area (Å²) in [5.41, 5.74) is 1.60. The summed E-state index contributed by atoms with van der Waals surface area (Å²) in [5, 5.41) is 0. The molecule has 0 aliphatic carbocycles. The number of nitrogens with zero attached hydrogens (tertiary/aromatic N) is 1. The zero-order chi connectivity index (χ0) is 20.9. The lowest BCUT2D eigenvalue weighted by Gasteiger charge is -2.15. The molecule has 4 nitrogen and oxygen atoms in total. The number of amides is 1. The van der Waals surface area contributed by atoms with Gasteiger partial charge in [-0.25, -0.2) is 0 Å². The number of thioether (sulfide) groups is 1. The van der Waals surface area contributed by atoms with Gasteiger partial charge in [0.25, 0.3) is 5.91 Å². The molecule has 30 heavy (non-hydrogen) atoms. The lowest BCUT2D eigenvalue weighted by atomic mass is 10.2. The van der Waals surface area contributed by atoms with Crippen molar-refractivity contribution in [3.05, 3.63) is 89.3 Å². The second kappa shape index (κ2) is 9.15. The Balaban J connectivity index is 1.54. The van der Waals surface area contributed by atoms with Crippen LogP contribution in [0.3, 0.4) is 0 Å². The average Bonchev–Trinajstić information content (AvgIpc) is 3.03. The van der Waals surface area contributed by atoms with Crippen molar-refractivity contribution in [2.45, 2.75) is 6.92 Å². The maximum atomic E-state index is 13.0. The third-order valence-electron chi connectivity index (χ3n) is 4.33. The van der Waals surface area contributed by atoms with Crippen LogP contribution in [0.25, 0.3) is 6.08 Å². The highest BCUT2D eigenvalue weighted by Gasteiger charge is 2.33. The fourth-order valence-corrected chi connectivity index (χ4v) is 4.29. The minimum Gasteiger partial charge on any atom is -0.494 e. The van der Waals surface area contributed by atoms with Crippen LogP contribution in [0.5, 0.6) is 17.2 Å². The van der Waals surface area contributed by atoms with Gasteiger partial charge in [0.05, 0.1) is 17.2 Å². The number of carbonyl (C=O) groups is 1. The summed E-state index contributed by atoms with van der Waals surface area (Å²) in [4.78, 5) is 15.1. The van der Waals surface area contributed by atoms with Crippen molar-refractivity contribution < 1.29 is 14.3 Å². The molecule has 0 spiro atoms. The van der Waals surface area contributed by atoms with E-state index >= 15 is 0 Å². The van der Waals surface area contributed by atoms with Gasteiger partial charge in [0.15, 0.2) is 4.32 Å². The van der Waals surface area contributed by atoms with Crippen LogP contribution < -0.4 is 14.4 Å². The van der Waals surface area contributed by atoms with Crippen LogP contribution in [-0.2, 0) is 4.79 Å². The molecule has 1 aliphatic rings. The summed E-state index contributed by atoms with van der Waals surface area (Å²) in [6, 6.07) is 24.6. The first-order valence-electron chi connectivity index (χ1n) is 9.48. The second-order valence-corrected chi connectivity index (χ2v) is 8.11. The molecule has 0 unspecified atom stereocenters. The number of carbonyl (C=O) groups excluding carboxylic acids is 1. The third-order valence-corrected chi connectivity index (χ3v) is 5.64. The van der Waals surface area contributed by atoms with Crippen molar-refractivity contribution in [3.63, 3.8) is 0 Å². The molecule has 3 aromatic rings. The van der Waals surface area contributed by atoms with Gasteiger partial charge in [0.2, 0.25) is 0 Å². The molecular weight excluding hydrogens is 414 g/mol. The van der Waals surface area contributed by atoms with Gasteiger partial charge in [-0.3, -0.25) is 9.69 Å². The standard InChI is InChI=1S/C24H19NO3S2/c1-2-27-19-13-11-18(12-14-19)25-23(26)22(30-24(25)29)16-17-7-6-10-21(15-17)28-20-8-4-3-5-9-20/h3-16H,2H2,1H3. The van der Waals surface area contributed by atoms with Gasteiger partial charge < -0.3 is 9.47 Å². The van der Waals surface area contributed by atoms with Crippen LogP contribution in [0.4, 0.5) is 5.69 Å². The molecule has 0 N–H and O–H groups in total. The average molecular weight is 434 g/mol. The Morgan fingerprint density at radius 2 is 1.67 bits per heavy atom. The van der Waals surface area contributed by atoms with E-state index in [1.165, 1.54) is 11.8 Å². The van der Waals surface area contributed by atoms with Crippen LogP contribution in [0.2, 0.25) is 0 Å². The minimum absolute atomic E-state index is 0.136. The summed E-state index contributed by atoms with van der Waals surface area (Å²) in [5.74, 6) is 2.09. The number of hydrogen-bond acceptors (Lipinski definition) is 5. The van der Waals surface area contributed by atoms with E-state index < -0.39 is 0 Å². The predicted molar refractivity (Wildman–Crippen MR) is 126 cm³/mol. The highest BCUT2D eigenvalue weighted by molar-refractivity contribution is 8.27. The smallest absolute Gasteiger partial charge is 0.270 e. The number of ether oxygens (including phenoxy) is 2. The van der Waals surface area contributed by atoms with E-state index in [0.717, 1.165) is 22.7 Å². The van der Waals surface area contributed by atoms with Crippen LogP contribution in [0, 0.1) is 0 Å². The molecule has 1 saturated heterocycles. The lowest BCUT2D eigenvalue weighted by Crippen LogP contribution is -2.27. The minimum atomic E-state index is -0.136. The van der Waals surface area contributed by atoms with Gasteiger partial charge in [-0.05, 0) is 67.1 Å². The molecule has 0 atom stereocenters. The zero-order valence-corrected chi connectivity index (χ0v) is 17.9. The van der Waals surface area contributed by atoms with Crippen molar-refractivity contribution in [3.8, 4) is 17.2 Å². The van der Waals surface area contributed by atoms with E-state index in [1.54, 1.807) is 4.90 Å². The van der Waals surface area contributed by atoms with Crippen molar-refractivity contribution in [1.29, 1.82) is 0 Å². The Labute approximate surface area is 185 Å². The van der Waals surface area contributed by atoms with Gasteiger partial charge in [-0.15, -0.1) is 0 Å². The van der Waals surface area contributed by atoms with E-state index in [1.807, 2.05) is 91.9 Å². The molecule has 6 heteroatoms. The van der Waals surface area contributed by atoms with Crippen LogP contribution in [-0.4, -0.2) is 16.8 Å². The normalized spacial score (nSPS) is 15.0. The van der Waals surface area contributed by atoms with E-state index in [2.05, 4.69) is 0 Å². The van der Waals surface area contributed by atoms with E-state index in [-0.39, 0.29) is 5.91 Å². The fraction of sp³-hybridized carbons (Fsp3) is 0.0833. The summed E-state index contributed by atoms with van der Waals surface area (Å²) in [6.07, 6.45) is 1.84. The van der Waals surface area contributed by atoms with Gasteiger partial charge in [-0.1, -0.05) is 54.3 Å². The van der Waals surface area contributed by atoms with Crippen LogP contribution in [0.1, 0.15) is 12.5 Å². The molecule has 4 rings (SSSR count). The van der Waals surface area contributed by atoms with Gasteiger partial charge in [-0.2, -0.15) is 0 Å². The zero-order valence-electron chi connectivity index (χ0n) is 16.3. The van der Waals surface area contributed by atoms with Crippen molar-refractivity contribution in [2.75, 3.05) is 11.5 Å². The monoisotopic (exact) mass is 433 g/mol. The molecule has 150 valence electrons. The molecule has 0 radical (unpaired) electrons. The molecular formula is C24H19NO3S2. The van der Waals surface area contributed by atoms with Crippen molar-refractivity contribution in [1.82, 2.24) is 0 Å². The van der Waals surface area contributed by atoms with Gasteiger partial charge in [0.1, 0.15) is 17.2 Å². The van der Waals surface area contributed by atoms with E-state index in [9.17, 15) is 4.79 Å². The highest BCUT2D eigenvalue weighted by atomic mass is 32.2. The summed E-state index contributed by atoms with van der Waals surface area (Å²) in [7, 11) is 0. The van der Waals surface area contributed by atoms with Crippen LogP contribution in [0.15, 0.2) is 83.8 Å². The Morgan fingerprint density at radius 1 is 0.933 bits per heavy atom. The quantitative estimate of drug-likeness (QED) is 0.338. The Hall–Kier alpha value is -3.09. The molecule has 1 heterocycles. The second-order valence-electron chi connectivity index (χ2n) is 6.43. The first kappa shape index (κ1) is 20.2. The predicted octanol–water partition coefficient (Wildman–Crippen LogP) is 6.28. The first-order chi connectivity index (χ1) is 14.6. The van der Waals surface area contributed by atoms with E-state index in [0.29, 0.717) is 21.6 Å². The van der Waals surface area contributed by atoms with Crippen LogP contribution >= 0.6 is 24.0 Å². The molecule has 0 aromatic heterocycles. The molecule has 1 amide bonds. The summed E-state index contributed by atoms with van der Waals surface area (Å²) < 4.78 is 11.9. The Kier molecular flexibility index (Phi) is 6.16. The number of benzene rings is 3. The Morgan fingerprint density at radius 3 is 2.40 bits per heavy atom. The maximum absolute atomic E-state index is 13.0. The van der Waals surface area contributed by atoms with Gasteiger partial charge >= 0.3 is 0 Å². The van der Waals surface area contributed by atoms with Crippen molar-refractivity contribution >= 4 is 46.0 Å². The molecule has 1 aliphatic heterocycles. The summed E-state index contributed by atoms with van der Waals surface area (Å²) in [6.45, 7) is 2.52. The SMILES string of the molecule is CCOc1ccc(N2C(=O)C(=Cc3cccc(Oc4ccccc4)c3)SC2=S)cc1. The maximum Gasteiger partial charge on any atom is 0.270 e. The Bertz CT molecular complexity index is 1090. The third kappa shape index (κ3) is 4.56. The number of anilines is 1. The number of thiocarbonyl (C=S) groups is 1. The molecule has 0 bridgehead atoms. The van der Waals surface area contributed by atoms with Crippen molar-refractivity contribution in [2.24, 2.45) is 0 Å². The number of hydrogen-bond donors (Lipinski definition) is 0. The number of rotatable bonds is 6. The van der Waals surface area contributed by atoms with Gasteiger partial charge in [0, 0.05) is 0 Å². The molecule has 1 fully saturated rings. The van der Waals surface area contributed by atoms with E-state index in [4.69, 9.17) is 21.7 Å². The summed E-state index contributed by atoms with van der Waals surface area (Å²) >= 11 is 6.75. The molecule has 3 aromatic carbocycles. The fourth-order valence-electron chi connectivity index (χ4n) is 2.99. The topological polar surface area (TPSA) is 38.8 Å². The largest absolute Gasteiger partial charge is 0.494 e. The first-order valence-corrected chi connectivity index (χ1v) is 10.7. The lowest BCUT2D eigenvalue weighted by molar-refractivity contribution is -0.113.